The van der Waals surface area contributed by atoms with E-state index in [0.717, 1.165) is 24.3 Å². The number of thioether (sulfide) groups is 1. The summed E-state index contributed by atoms with van der Waals surface area (Å²) in [6.45, 7) is 4.09. The molecule has 1 atom stereocenters. The van der Waals surface area contributed by atoms with Crippen LogP contribution in [-0.4, -0.2) is 98.3 Å². The van der Waals surface area contributed by atoms with E-state index in [2.05, 4.69) is 0 Å². The van der Waals surface area contributed by atoms with E-state index in [4.69, 9.17) is 4.74 Å². The zero-order valence-corrected chi connectivity index (χ0v) is 19.3. The van der Waals surface area contributed by atoms with E-state index in [1.807, 2.05) is 4.90 Å². The van der Waals surface area contributed by atoms with Gasteiger partial charge >= 0.3 is 0 Å². The van der Waals surface area contributed by atoms with Gasteiger partial charge in [0.15, 0.2) is 0 Å². The van der Waals surface area contributed by atoms with E-state index in [1.54, 1.807) is 22.0 Å². The fourth-order valence-corrected chi connectivity index (χ4v) is 8.07. The van der Waals surface area contributed by atoms with Crippen molar-refractivity contribution in [1.29, 1.82) is 0 Å². The molecule has 3 aliphatic rings. The molecule has 0 aliphatic carbocycles. The van der Waals surface area contributed by atoms with Gasteiger partial charge in [-0.05, 0) is 24.3 Å². The number of likely N-dealkylation sites (tertiary alicyclic amines) is 1. The van der Waals surface area contributed by atoms with Gasteiger partial charge < -0.3 is 14.5 Å². The first-order chi connectivity index (χ1) is 14.5. The predicted octanol–water partition coefficient (Wildman–Crippen LogP) is 1.20. The number of thiophene rings is 1. The molecule has 3 aliphatic heterocycles. The molecule has 30 heavy (non-hydrogen) atoms. The summed E-state index contributed by atoms with van der Waals surface area (Å²) in [5, 5.41) is 1.67. The third-order valence-corrected chi connectivity index (χ3v) is 9.71. The number of carbonyl (C=O) groups excluding carboxylic acids is 2. The van der Waals surface area contributed by atoms with E-state index >= 15 is 0 Å². The molecule has 0 saturated carbocycles. The van der Waals surface area contributed by atoms with E-state index < -0.39 is 10.0 Å². The average Bonchev–Trinajstić information content (AvgIpc) is 3.30. The Hall–Kier alpha value is -1.14. The van der Waals surface area contributed by atoms with Gasteiger partial charge in [0.2, 0.25) is 15.9 Å². The summed E-state index contributed by atoms with van der Waals surface area (Å²) in [5.74, 6) is 1.09. The number of hydrogen-bond acceptors (Lipinski definition) is 7. The second kappa shape index (κ2) is 9.56. The Labute approximate surface area is 185 Å². The molecule has 0 N–H and O–H groups in total. The topological polar surface area (TPSA) is 87.2 Å². The summed E-state index contributed by atoms with van der Waals surface area (Å²) in [7, 11) is -3.69. The van der Waals surface area contributed by atoms with Gasteiger partial charge in [-0.3, -0.25) is 9.59 Å². The fourth-order valence-electron chi connectivity index (χ4n) is 4.13. The van der Waals surface area contributed by atoms with Crippen LogP contribution in [0.5, 0.6) is 0 Å². The molecule has 0 aromatic carbocycles. The Morgan fingerprint density at radius 1 is 1.03 bits per heavy atom. The summed E-state index contributed by atoms with van der Waals surface area (Å²) in [6.07, 6.45) is 1.49. The van der Waals surface area contributed by atoms with Gasteiger partial charge in [-0.1, -0.05) is 0 Å². The highest BCUT2D eigenvalue weighted by molar-refractivity contribution is 7.99. The van der Waals surface area contributed by atoms with Crippen LogP contribution < -0.4 is 0 Å². The standard InChI is InChI=1S/C19H27N3O5S3/c23-18(20-5-9-27-10-6-20)15-2-1-4-21(14-15)19(24)17-16(3-11-29-17)30(25,26)22-7-12-28-13-8-22/h3,11,15H,1-2,4-10,12-14H2. The van der Waals surface area contributed by atoms with Crippen LogP contribution in [0, 0.1) is 5.92 Å². The second-order valence-electron chi connectivity index (χ2n) is 7.66. The fraction of sp³-hybridized carbons (Fsp3) is 0.684. The van der Waals surface area contributed by atoms with E-state index in [1.165, 1.54) is 21.7 Å². The Morgan fingerprint density at radius 3 is 2.50 bits per heavy atom. The average molecular weight is 474 g/mol. The molecule has 3 saturated heterocycles. The number of hydrogen-bond donors (Lipinski definition) is 0. The van der Waals surface area contributed by atoms with Crippen LogP contribution in [0.1, 0.15) is 22.5 Å². The Morgan fingerprint density at radius 2 is 1.77 bits per heavy atom. The van der Waals surface area contributed by atoms with Crippen molar-refractivity contribution >= 4 is 44.9 Å². The Bertz CT molecular complexity index is 876. The van der Waals surface area contributed by atoms with Crippen LogP contribution in [0.25, 0.3) is 0 Å². The summed E-state index contributed by atoms with van der Waals surface area (Å²) < 4.78 is 33.0. The summed E-state index contributed by atoms with van der Waals surface area (Å²) >= 11 is 2.90. The molecule has 2 amide bonds. The number of morpholine rings is 1. The molecule has 0 radical (unpaired) electrons. The number of nitrogens with zero attached hydrogens (tertiary/aromatic N) is 3. The first-order valence-electron chi connectivity index (χ1n) is 10.3. The maximum Gasteiger partial charge on any atom is 0.265 e. The number of ether oxygens (including phenoxy) is 1. The maximum atomic E-state index is 13.3. The minimum atomic E-state index is -3.69. The van der Waals surface area contributed by atoms with Crippen LogP contribution in [0.4, 0.5) is 0 Å². The highest BCUT2D eigenvalue weighted by atomic mass is 32.2. The predicted molar refractivity (Wildman–Crippen MR) is 116 cm³/mol. The summed E-state index contributed by atoms with van der Waals surface area (Å²) in [4.78, 5) is 30.0. The van der Waals surface area contributed by atoms with Gasteiger partial charge in [0.25, 0.3) is 5.91 Å². The molecule has 166 valence electrons. The van der Waals surface area contributed by atoms with Crippen molar-refractivity contribution in [2.75, 3.05) is 64.0 Å². The number of sulfonamides is 1. The van der Waals surface area contributed by atoms with Gasteiger partial charge in [-0.25, -0.2) is 8.42 Å². The lowest BCUT2D eigenvalue weighted by Crippen LogP contribution is -2.49. The third kappa shape index (κ3) is 4.55. The molecule has 8 nitrogen and oxygen atoms in total. The Balaban J connectivity index is 1.48. The number of carbonyl (C=O) groups is 2. The zero-order valence-electron chi connectivity index (χ0n) is 16.8. The largest absolute Gasteiger partial charge is 0.378 e. The van der Waals surface area contributed by atoms with Crippen molar-refractivity contribution in [3.63, 3.8) is 0 Å². The van der Waals surface area contributed by atoms with Crippen molar-refractivity contribution < 1.29 is 22.7 Å². The minimum absolute atomic E-state index is 0.0700. The van der Waals surface area contributed by atoms with Crippen LogP contribution in [-0.2, 0) is 19.6 Å². The van der Waals surface area contributed by atoms with Crippen molar-refractivity contribution in [2.45, 2.75) is 17.7 Å². The molecular formula is C19H27N3O5S3. The molecule has 4 rings (SSSR count). The summed E-state index contributed by atoms with van der Waals surface area (Å²) in [6, 6.07) is 1.54. The molecule has 3 fully saturated rings. The van der Waals surface area contributed by atoms with Gasteiger partial charge in [0.05, 0.1) is 19.1 Å². The number of amides is 2. The van der Waals surface area contributed by atoms with Gasteiger partial charge in [0, 0.05) is 50.8 Å². The molecule has 0 spiro atoms. The van der Waals surface area contributed by atoms with Crippen molar-refractivity contribution in [3.8, 4) is 0 Å². The lowest BCUT2D eigenvalue weighted by molar-refractivity contribution is -0.141. The normalized spacial score (nSPS) is 24.1. The summed E-state index contributed by atoms with van der Waals surface area (Å²) in [5.41, 5.74) is 0. The lowest BCUT2D eigenvalue weighted by atomic mass is 9.96. The van der Waals surface area contributed by atoms with Crippen molar-refractivity contribution in [1.82, 2.24) is 14.1 Å². The van der Waals surface area contributed by atoms with Crippen LogP contribution in [0.15, 0.2) is 16.3 Å². The third-order valence-electron chi connectivity index (χ3n) is 5.79. The first kappa shape index (κ1) is 22.1. The minimum Gasteiger partial charge on any atom is -0.378 e. The molecule has 4 heterocycles. The van der Waals surface area contributed by atoms with Gasteiger partial charge in [0.1, 0.15) is 9.77 Å². The molecular weight excluding hydrogens is 446 g/mol. The van der Waals surface area contributed by atoms with Crippen LogP contribution in [0.2, 0.25) is 0 Å². The first-order valence-corrected chi connectivity index (χ1v) is 13.8. The monoisotopic (exact) mass is 473 g/mol. The zero-order chi connectivity index (χ0) is 21.1. The molecule has 1 aromatic heterocycles. The van der Waals surface area contributed by atoms with E-state index in [0.29, 0.717) is 52.5 Å². The smallest absolute Gasteiger partial charge is 0.265 e. The number of piperidine rings is 1. The highest BCUT2D eigenvalue weighted by Gasteiger charge is 2.36. The van der Waals surface area contributed by atoms with Crippen molar-refractivity contribution in [2.24, 2.45) is 5.92 Å². The molecule has 11 heteroatoms. The van der Waals surface area contributed by atoms with E-state index in [-0.39, 0.29) is 27.5 Å². The van der Waals surface area contributed by atoms with Crippen LogP contribution in [0.3, 0.4) is 0 Å². The number of rotatable bonds is 4. The molecule has 0 bridgehead atoms. The van der Waals surface area contributed by atoms with Crippen LogP contribution >= 0.6 is 23.1 Å². The van der Waals surface area contributed by atoms with E-state index in [9.17, 15) is 18.0 Å². The highest BCUT2D eigenvalue weighted by Crippen LogP contribution is 2.30. The lowest BCUT2D eigenvalue weighted by Gasteiger charge is -2.36. The molecule has 1 aromatic rings. The second-order valence-corrected chi connectivity index (χ2v) is 11.7. The van der Waals surface area contributed by atoms with Crippen molar-refractivity contribution in [3.05, 3.63) is 16.3 Å². The quantitative estimate of drug-likeness (QED) is 0.653. The SMILES string of the molecule is O=C(c1sccc1S(=O)(=O)N1CCSCC1)N1CCCC(C(=O)N2CCOCC2)C1. The maximum absolute atomic E-state index is 13.3. The molecule has 1 unspecified atom stereocenters. The van der Waals surface area contributed by atoms with Gasteiger partial charge in [-0.2, -0.15) is 16.1 Å². The Kier molecular flexibility index (Phi) is 7.03. The van der Waals surface area contributed by atoms with Gasteiger partial charge in [-0.15, -0.1) is 11.3 Å².